The first-order valence-electron chi connectivity index (χ1n) is 8.44. The van der Waals surface area contributed by atoms with Crippen molar-refractivity contribution in [1.82, 2.24) is 10.2 Å². The van der Waals surface area contributed by atoms with Crippen molar-refractivity contribution in [3.8, 4) is 0 Å². The van der Waals surface area contributed by atoms with Gasteiger partial charge in [0.1, 0.15) is 0 Å². The molecule has 0 saturated heterocycles. The molecule has 1 aromatic rings. The van der Waals surface area contributed by atoms with E-state index in [2.05, 4.69) is 62.3 Å². The normalized spacial score (nSPS) is 16.2. The lowest BCUT2D eigenvalue weighted by Crippen LogP contribution is -2.37. The van der Waals surface area contributed by atoms with Gasteiger partial charge in [-0.3, -0.25) is 0 Å². The second-order valence-electron chi connectivity index (χ2n) is 7.74. The highest BCUT2D eigenvalue weighted by Gasteiger charge is 2.18. The van der Waals surface area contributed by atoms with Crippen LogP contribution < -0.4 is 5.32 Å². The van der Waals surface area contributed by atoms with Crippen LogP contribution in [0.5, 0.6) is 0 Å². The van der Waals surface area contributed by atoms with Crippen LogP contribution in [-0.4, -0.2) is 30.6 Å². The van der Waals surface area contributed by atoms with Gasteiger partial charge in [-0.15, -0.1) is 0 Å². The van der Waals surface area contributed by atoms with E-state index in [-0.39, 0.29) is 5.54 Å². The molecular weight excluding hydrogens is 256 g/mol. The highest BCUT2D eigenvalue weighted by molar-refractivity contribution is 5.22. The van der Waals surface area contributed by atoms with E-state index in [0.29, 0.717) is 0 Å². The zero-order valence-electron chi connectivity index (χ0n) is 14.3. The molecule has 21 heavy (non-hydrogen) atoms. The lowest BCUT2D eigenvalue weighted by atomic mass is 9.85. The fourth-order valence-corrected chi connectivity index (χ4v) is 2.89. The van der Waals surface area contributed by atoms with Crippen LogP contribution in [0.15, 0.2) is 24.3 Å². The summed E-state index contributed by atoms with van der Waals surface area (Å²) in [7, 11) is 2.25. The van der Waals surface area contributed by atoms with E-state index in [4.69, 9.17) is 0 Å². The number of benzene rings is 1. The first kappa shape index (κ1) is 16.5. The van der Waals surface area contributed by atoms with Crippen molar-refractivity contribution in [3.63, 3.8) is 0 Å². The number of rotatable bonds is 7. The number of nitrogens with one attached hydrogen (secondary N) is 1. The van der Waals surface area contributed by atoms with Crippen LogP contribution in [0.25, 0.3) is 0 Å². The summed E-state index contributed by atoms with van der Waals surface area (Å²) < 4.78 is 0. The van der Waals surface area contributed by atoms with Crippen molar-refractivity contribution in [2.24, 2.45) is 5.92 Å². The van der Waals surface area contributed by atoms with Crippen LogP contribution in [0, 0.1) is 5.92 Å². The molecule has 0 heterocycles. The van der Waals surface area contributed by atoms with E-state index in [0.717, 1.165) is 25.4 Å². The van der Waals surface area contributed by atoms with Gasteiger partial charge in [0.15, 0.2) is 0 Å². The molecule has 1 aliphatic carbocycles. The Hall–Kier alpha value is -0.860. The Kier molecular flexibility index (Phi) is 5.83. The van der Waals surface area contributed by atoms with E-state index in [1.807, 2.05) is 0 Å². The van der Waals surface area contributed by atoms with Crippen LogP contribution in [0.2, 0.25) is 0 Å². The van der Waals surface area contributed by atoms with Crippen LogP contribution in [0.1, 0.15) is 51.2 Å². The fraction of sp³-hybridized carbons (Fsp3) is 0.684. The summed E-state index contributed by atoms with van der Waals surface area (Å²) in [6, 6.07) is 9.17. The molecule has 0 spiro atoms. The maximum atomic E-state index is 3.54. The van der Waals surface area contributed by atoms with Gasteiger partial charge in [0, 0.05) is 18.6 Å². The summed E-state index contributed by atoms with van der Waals surface area (Å²) in [6.07, 6.45) is 5.42. The second kappa shape index (κ2) is 7.42. The number of hydrogen-bond donors (Lipinski definition) is 1. The third kappa shape index (κ3) is 6.19. The smallest absolute Gasteiger partial charge is 0.0230 e. The molecule has 1 aromatic carbocycles. The van der Waals surface area contributed by atoms with Gasteiger partial charge in [0.25, 0.3) is 0 Å². The van der Waals surface area contributed by atoms with E-state index in [9.17, 15) is 0 Å². The minimum atomic E-state index is 0.212. The van der Waals surface area contributed by atoms with Crippen LogP contribution >= 0.6 is 0 Å². The first-order valence-corrected chi connectivity index (χ1v) is 8.44. The average molecular weight is 288 g/mol. The van der Waals surface area contributed by atoms with Crippen LogP contribution in [0.3, 0.4) is 0 Å². The molecule has 2 nitrogen and oxygen atoms in total. The first-order chi connectivity index (χ1) is 9.92. The predicted molar refractivity (Wildman–Crippen MR) is 91.6 cm³/mol. The highest BCUT2D eigenvalue weighted by Crippen LogP contribution is 2.27. The molecule has 1 N–H and O–H groups in total. The topological polar surface area (TPSA) is 15.3 Å². The molecule has 0 aliphatic heterocycles. The second-order valence-corrected chi connectivity index (χ2v) is 7.74. The molecule has 1 aliphatic rings. The lowest BCUT2D eigenvalue weighted by molar-refractivity contribution is 0.200. The fourth-order valence-electron chi connectivity index (χ4n) is 2.89. The molecule has 0 bridgehead atoms. The van der Waals surface area contributed by atoms with E-state index in [1.165, 1.54) is 36.9 Å². The van der Waals surface area contributed by atoms with E-state index >= 15 is 0 Å². The zero-order valence-corrected chi connectivity index (χ0v) is 14.3. The predicted octanol–water partition coefficient (Wildman–Crippen LogP) is 3.85. The van der Waals surface area contributed by atoms with Crippen molar-refractivity contribution >= 4 is 0 Å². The molecule has 0 amide bonds. The molecular formula is C19H32N2. The Morgan fingerprint density at radius 1 is 1.10 bits per heavy atom. The van der Waals surface area contributed by atoms with Crippen LogP contribution in [0.4, 0.5) is 0 Å². The van der Waals surface area contributed by atoms with Crippen molar-refractivity contribution in [1.29, 1.82) is 0 Å². The van der Waals surface area contributed by atoms with Gasteiger partial charge in [-0.05, 0) is 70.7 Å². The highest BCUT2D eigenvalue weighted by atomic mass is 15.1. The molecule has 0 radical (unpaired) electrons. The zero-order chi connectivity index (χ0) is 15.3. The van der Waals surface area contributed by atoms with Crippen molar-refractivity contribution in [3.05, 3.63) is 35.4 Å². The summed E-state index contributed by atoms with van der Waals surface area (Å²) in [5, 5.41) is 3.54. The minimum absolute atomic E-state index is 0.212. The number of nitrogens with zero attached hydrogens (tertiary/aromatic N) is 1. The Morgan fingerprint density at radius 2 is 1.71 bits per heavy atom. The molecule has 2 heteroatoms. The van der Waals surface area contributed by atoms with Gasteiger partial charge < -0.3 is 10.2 Å². The Labute approximate surface area is 130 Å². The molecule has 0 unspecified atom stereocenters. The molecule has 0 atom stereocenters. The molecule has 118 valence electrons. The monoisotopic (exact) mass is 288 g/mol. The standard InChI is InChI=1S/C19H32N2/c1-19(2,3)20-13-12-16-8-10-18(11-9-16)15-21(4)14-17-6-5-7-17/h8-11,17,20H,5-7,12-15H2,1-4H3. The van der Waals surface area contributed by atoms with Gasteiger partial charge in [-0.2, -0.15) is 0 Å². The maximum Gasteiger partial charge on any atom is 0.0230 e. The Bertz CT molecular complexity index is 412. The minimum Gasteiger partial charge on any atom is -0.312 e. The lowest BCUT2D eigenvalue weighted by Gasteiger charge is -2.30. The van der Waals surface area contributed by atoms with Crippen LogP contribution in [-0.2, 0) is 13.0 Å². The van der Waals surface area contributed by atoms with Gasteiger partial charge >= 0.3 is 0 Å². The summed E-state index contributed by atoms with van der Waals surface area (Å²) in [5.74, 6) is 0.956. The molecule has 0 aromatic heterocycles. The molecule has 1 fully saturated rings. The van der Waals surface area contributed by atoms with Crippen molar-refractivity contribution in [2.45, 2.75) is 58.5 Å². The van der Waals surface area contributed by atoms with Gasteiger partial charge in [-0.1, -0.05) is 30.7 Å². The largest absolute Gasteiger partial charge is 0.312 e. The van der Waals surface area contributed by atoms with Gasteiger partial charge in [0.05, 0.1) is 0 Å². The maximum absolute atomic E-state index is 3.54. The number of hydrogen-bond acceptors (Lipinski definition) is 2. The van der Waals surface area contributed by atoms with E-state index < -0.39 is 0 Å². The summed E-state index contributed by atoms with van der Waals surface area (Å²) >= 11 is 0. The van der Waals surface area contributed by atoms with E-state index in [1.54, 1.807) is 0 Å². The van der Waals surface area contributed by atoms with Crippen molar-refractivity contribution in [2.75, 3.05) is 20.1 Å². The molecule has 2 rings (SSSR count). The van der Waals surface area contributed by atoms with Gasteiger partial charge in [0.2, 0.25) is 0 Å². The quantitative estimate of drug-likeness (QED) is 0.820. The third-order valence-corrected chi connectivity index (χ3v) is 4.34. The Morgan fingerprint density at radius 3 is 2.24 bits per heavy atom. The molecule has 1 saturated carbocycles. The average Bonchev–Trinajstić information content (AvgIpc) is 2.35. The Balaban J connectivity index is 1.73. The summed E-state index contributed by atoms with van der Waals surface area (Å²) in [6.45, 7) is 10.0. The van der Waals surface area contributed by atoms with Crippen molar-refractivity contribution < 1.29 is 0 Å². The summed E-state index contributed by atoms with van der Waals surface area (Å²) in [4.78, 5) is 2.47. The SMILES string of the molecule is CN(Cc1ccc(CCNC(C)(C)C)cc1)CC1CCC1. The third-order valence-electron chi connectivity index (χ3n) is 4.34. The summed E-state index contributed by atoms with van der Waals surface area (Å²) in [5.41, 5.74) is 3.07. The van der Waals surface area contributed by atoms with Gasteiger partial charge in [-0.25, -0.2) is 0 Å².